The van der Waals surface area contributed by atoms with Gasteiger partial charge in [0.05, 0.1) is 0 Å². The third kappa shape index (κ3) is 3.60. The molecule has 1 aromatic carbocycles. The van der Waals surface area contributed by atoms with Crippen molar-refractivity contribution in [3.05, 3.63) is 35.6 Å². The molecule has 0 saturated heterocycles. The van der Waals surface area contributed by atoms with Gasteiger partial charge in [0.1, 0.15) is 5.82 Å². The molecule has 0 bridgehead atoms. The Morgan fingerprint density at radius 2 is 2.07 bits per heavy atom. The molecule has 15 heavy (non-hydrogen) atoms. The number of alkyl halides is 1. The number of hydrogen-bond donors (Lipinski definition) is 0. The first-order valence-corrected chi connectivity index (χ1v) is 6.50. The second kappa shape index (κ2) is 6.26. The van der Waals surface area contributed by atoms with E-state index in [1.807, 2.05) is 6.07 Å². The van der Waals surface area contributed by atoms with Crippen molar-refractivity contribution in [2.24, 2.45) is 0 Å². The Kier molecular flexibility index (Phi) is 5.30. The van der Waals surface area contributed by atoms with Gasteiger partial charge in [-0.1, -0.05) is 48.3 Å². The van der Waals surface area contributed by atoms with Gasteiger partial charge in [0.2, 0.25) is 0 Å². The summed E-state index contributed by atoms with van der Waals surface area (Å²) in [5, 5.41) is 0. The van der Waals surface area contributed by atoms with Crippen molar-refractivity contribution in [2.45, 2.75) is 43.9 Å². The van der Waals surface area contributed by atoms with Crippen LogP contribution in [0.3, 0.4) is 0 Å². The highest BCUT2D eigenvalue weighted by molar-refractivity contribution is 9.09. The third-order valence-corrected chi connectivity index (χ3v) is 3.81. The normalized spacial score (nSPS) is 14.9. The molecule has 0 aliphatic rings. The SMILES string of the molecule is CCCC(Br)C(CC)c1cccc(F)c1. The Bertz CT molecular complexity index is 298. The molecule has 0 heterocycles. The second-order valence-corrected chi connectivity index (χ2v) is 5.05. The van der Waals surface area contributed by atoms with Gasteiger partial charge in [-0.15, -0.1) is 0 Å². The van der Waals surface area contributed by atoms with E-state index in [0.29, 0.717) is 10.7 Å². The van der Waals surface area contributed by atoms with E-state index in [2.05, 4.69) is 29.8 Å². The molecule has 0 aliphatic heterocycles. The Labute approximate surface area is 100 Å². The Hall–Kier alpha value is -0.370. The Morgan fingerprint density at radius 1 is 1.33 bits per heavy atom. The van der Waals surface area contributed by atoms with Gasteiger partial charge in [0.25, 0.3) is 0 Å². The lowest BCUT2D eigenvalue weighted by Gasteiger charge is -2.21. The lowest BCUT2D eigenvalue weighted by atomic mass is 9.91. The summed E-state index contributed by atoms with van der Waals surface area (Å²) in [5.74, 6) is 0.280. The summed E-state index contributed by atoms with van der Waals surface area (Å²) in [6, 6.07) is 6.96. The summed E-state index contributed by atoms with van der Waals surface area (Å²) in [4.78, 5) is 0.453. The fourth-order valence-corrected chi connectivity index (χ4v) is 3.05. The van der Waals surface area contributed by atoms with Gasteiger partial charge in [-0.2, -0.15) is 0 Å². The van der Waals surface area contributed by atoms with Gasteiger partial charge in [-0.3, -0.25) is 0 Å². The lowest BCUT2D eigenvalue weighted by Crippen LogP contribution is -2.11. The third-order valence-electron chi connectivity index (χ3n) is 2.72. The van der Waals surface area contributed by atoms with E-state index in [0.717, 1.165) is 24.8 Å². The predicted octanol–water partition coefficient (Wildman–Crippen LogP) is 4.88. The van der Waals surface area contributed by atoms with E-state index in [9.17, 15) is 4.39 Å². The maximum Gasteiger partial charge on any atom is 0.123 e. The molecule has 0 fully saturated rings. The van der Waals surface area contributed by atoms with Crippen LogP contribution in [0.5, 0.6) is 0 Å². The molecule has 2 atom stereocenters. The molecule has 0 nitrogen and oxygen atoms in total. The van der Waals surface area contributed by atoms with Crippen LogP contribution in [0.25, 0.3) is 0 Å². The topological polar surface area (TPSA) is 0 Å². The first-order chi connectivity index (χ1) is 7.19. The highest BCUT2D eigenvalue weighted by atomic mass is 79.9. The quantitative estimate of drug-likeness (QED) is 0.670. The molecular weight excluding hydrogens is 255 g/mol. The van der Waals surface area contributed by atoms with Gasteiger partial charge >= 0.3 is 0 Å². The number of benzene rings is 1. The first kappa shape index (κ1) is 12.7. The number of rotatable bonds is 5. The van der Waals surface area contributed by atoms with Crippen LogP contribution in [0.1, 0.15) is 44.6 Å². The number of hydrogen-bond acceptors (Lipinski definition) is 0. The second-order valence-electron chi connectivity index (χ2n) is 3.87. The van der Waals surface area contributed by atoms with Gasteiger partial charge in [-0.25, -0.2) is 4.39 Å². The average molecular weight is 273 g/mol. The molecule has 0 spiro atoms. The van der Waals surface area contributed by atoms with Gasteiger partial charge < -0.3 is 0 Å². The zero-order chi connectivity index (χ0) is 11.3. The van der Waals surface area contributed by atoms with Crippen molar-refractivity contribution in [1.82, 2.24) is 0 Å². The maximum atomic E-state index is 13.1. The van der Waals surface area contributed by atoms with E-state index >= 15 is 0 Å². The standard InChI is InChI=1S/C13H18BrF/c1-3-6-13(14)12(4-2)10-7-5-8-11(15)9-10/h5,7-9,12-13H,3-4,6H2,1-2H3. The fourth-order valence-electron chi connectivity index (χ4n) is 1.91. The monoisotopic (exact) mass is 272 g/mol. The minimum absolute atomic E-state index is 0.137. The van der Waals surface area contributed by atoms with Crippen LogP contribution in [0.4, 0.5) is 4.39 Å². The van der Waals surface area contributed by atoms with E-state index in [-0.39, 0.29) is 5.82 Å². The van der Waals surface area contributed by atoms with E-state index < -0.39 is 0 Å². The van der Waals surface area contributed by atoms with Gasteiger partial charge in [-0.05, 0) is 36.5 Å². The molecule has 0 aromatic heterocycles. The minimum Gasteiger partial charge on any atom is -0.207 e. The molecule has 1 rings (SSSR count). The molecule has 0 amide bonds. The van der Waals surface area contributed by atoms with Gasteiger partial charge in [0, 0.05) is 4.83 Å². The van der Waals surface area contributed by atoms with Crippen LogP contribution >= 0.6 is 15.9 Å². The Balaban J connectivity index is 2.82. The fraction of sp³-hybridized carbons (Fsp3) is 0.538. The van der Waals surface area contributed by atoms with E-state index in [1.54, 1.807) is 12.1 Å². The van der Waals surface area contributed by atoms with Crippen LogP contribution < -0.4 is 0 Å². The molecule has 1 aromatic rings. The predicted molar refractivity (Wildman–Crippen MR) is 67.1 cm³/mol. The van der Waals surface area contributed by atoms with Crippen molar-refractivity contribution >= 4 is 15.9 Å². The van der Waals surface area contributed by atoms with Crippen molar-refractivity contribution in [2.75, 3.05) is 0 Å². The molecule has 2 unspecified atom stereocenters. The number of halogens is 2. The van der Waals surface area contributed by atoms with Crippen molar-refractivity contribution < 1.29 is 4.39 Å². The summed E-state index contributed by atoms with van der Waals surface area (Å²) in [5.41, 5.74) is 1.10. The van der Waals surface area contributed by atoms with Gasteiger partial charge in [0.15, 0.2) is 0 Å². The van der Waals surface area contributed by atoms with Crippen LogP contribution in [0.2, 0.25) is 0 Å². The smallest absolute Gasteiger partial charge is 0.123 e. The highest BCUT2D eigenvalue weighted by Crippen LogP contribution is 2.31. The molecule has 2 heteroatoms. The molecule has 0 aliphatic carbocycles. The van der Waals surface area contributed by atoms with Crippen LogP contribution in [0, 0.1) is 5.82 Å². The summed E-state index contributed by atoms with van der Waals surface area (Å²) in [6.07, 6.45) is 3.33. The molecule has 0 N–H and O–H groups in total. The van der Waals surface area contributed by atoms with Crippen LogP contribution in [-0.4, -0.2) is 4.83 Å². The summed E-state index contributed by atoms with van der Waals surface area (Å²) >= 11 is 3.70. The largest absolute Gasteiger partial charge is 0.207 e. The molecule has 0 saturated carbocycles. The van der Waals surface area contributed by atoms with Crippen LogP contribution in [-0.2, 0) is 0 Å². The molecular formula is C13H18BrF. The average Bonchev–Trinajstić information content (AvgIpc) is 2.19. The highest BCUT2D eigenvalue weighted by Gasteiger charge is 2.18. The van der Waals surface area contributed by atoms with Crippen molar-refractivity contribution in [3.8, 4) is 0 Å². The molecule has 84 valence electrons. The minimum atomic E-state index is -0.137. The zero-order valence-corrected chi connectivity index (χ0v) is 10.9. The lowest BCUT2D eigenvalue weighted by molar-refractivity contribution is 0.581. The van der Waals surface area contributed by atoms with Crippen LogP contribution in [0.15, 0.2) is 24.3 Å². The zero-order valence-electron chi connectivity index (χ0n) is 9.34. The first-order valence-electron chi connectivity index (χ1n) is 5.58. The summed E-state index contributed by atoms with van der Waals surface area (Å²) < 4.78 is 13.1. The van der Waals surface area contributed by atoms with E-state index in [4.69, 9.17) is 0 Å². The Morgan fingerprint density at radius 3 is 2.60 bits per heavy atom. The van der Waals surface area contributed by atoms with E-state index in [1.165, 1.54) is 6.07 Å². The molecule has 0 radical (unpaired) electrons. The summed E-state index contributed by atoms with van der Waals surface area (Å²) in [6.45, 7) is 4.33. The van der Waals surface area contributed by atoms with Crippen molar-refractivity contribution in [3.63, 3.8) is 0 Å². The maximum absolute atomic E-state index is 13.1. The van der Waals surface area contributed by atoms with Crippen molar-refractivity contribution in [1.29, 1.82) is 0 Å². The summed E-state index contributed by atoms with van der Waals surface area (Å²) in [7, 11) is 0.